The highest BCUT2D eigenvalue weighted by atomic mass is 79.9. The molecule has 0 fully saturated rings. The lowest BCUT2D eigenvalue weighted by Crippen LogP contribution is -2.19. The lowest BCUT2D eigenvalue weighted by atomic mass is 10.0. The predicted octanol–water partition coefficient (Wildman–Crippen LogP) is 1.52. The molecule has 3 N–H and O–H groups in total. The molecule has 0 spiro atoms. The Morgan fingerprint density at radius 3 is 2.69 bits per heavy atom. The number of hydrogen-bond acceptors (Lipinski definition) is 4. The van der Waals surface area contributed by atoms with Gasteiger partial charge in [-0.1, -0.05) is 0 Å². The minimum Gasteiger partial charge on any atom is -0.486 e. The SMILES string of the molecule is Cc1c(C(O)CN)cc(Br)c2c1OCCO2. The van der Waals surface area contributed by atoms with Gasteiger partial charge in [0.25, 0.3) is 0 Å². The van der Waals surface area contributed by atoms with E-state index in [0.717, 1.165) is 15.6 Å². The highest BCUT2D eigenvalue weighted by molar-refractivity contribution is 9.10. The van der Waals surface area contributed by atoms with E-state index in [4.69, 9.17) is 15.2 Å². The van der Waals surface area contributed by atoms with Crippen molar-refractivity contribution in [2.45, 2.75) is 13.0 Å². The highest BCUT2D eigenvalue weighted by Gasteiger charge is 2.22. The molecule has 0 bridgehead atoms. The van der Waals surface area contributed by atoms with Crippen LogP contribution in [0.5, 0.6) is 11.5 Å². The van der Waals surface area contributed by atoms with E-state index in [1.54, 1.807) is 0 Å². The van der Waals surface area contributed by atoms with E-state index in [2.05, 4.69) is 15.9 Å². The van der Waals surface area contributed by atoms with Crippen molar-refractivity contribution >= 4 is 15.9 Å². The number of ether oxygens (including phenoxy) is 2. The maximum absolute atomic E-state index is 9.79. The summed E-state index contributed by atoms with van der Waals surface area (Å²) < 4.78 is 11.9. The molecule has 1 unspecified atom stereocenters. The molecule has 1 heterocycles. The third-order valence-electron chi connectivity index (χ3n) is 2.64. The van der Waals surface area contributed by atoms with E-state index < -0.39 is 6.10 Å². The summed E-state index contributed by atoms with van der Waals surface area (Å²) in [5.41, 5.74) is 7.12. The normalized spacial score (nSPS) is 16.0. The molecule has 1 aliphatic rings. The van der Waals surface area contributed by atoms with Gasteiger partial charge in [0.15, 0.2) is 11.5 Å². The Morgan fingerprint density at radius 2 is 2.06 bits per heavy atom. The summed E-state index contributed by atoms with van der Waals surface area (Å²) in [6.07, 6.45) is -0.674. The van der Waals surface area contributed by atoms with Gasteiger partial charge >= 0.3 is 0 Å². The van der Waals surface area contributed by atoms with Crippen molar-refractivity contribution < 1.29 is 14.6 Å². The lowest BCUT2D eigenvalue weighted by molar-refractivity contribution is 0.164. The van der Waals surface area contributed by atoms with Gasteiger partial charge in [-0.05, 0) is 34.5 Å². The van der Waals surface area contributed by atoms with Crippen LogP contribution in [0.2, 0.25) is 0 Å². The maximum Gasteiger partial charge on any atom is 0.175 e. The number of rotatable bonds is 2. The Morgan fingerprint density at radius 1 is 1.44 bits per heavy atom. The second-order valence-corrected chi connectivity index (χ2v) is 4.53. The third-order valence-corrected chi connectivity index (χ3v) is 3.23. The quantitative estimate of drug-likeness (QED) is 0.866. The van der Waals surface area contributed by atoms with Crippen LogP contribution in [0.25, 0.3) is 0 Å². The number of hydrogen-bond donors (Lipinski definition) is 2. The van der Waals surface area contributed by atoms with E-state index in [0.29, 0.717) is 24.7 Å². The average molecular weight is 288 g/mol. The third kappa shape index (κ3) is 1.90. The predicted molar refractivity (Wildman–Crippen MR) is 63.9 cm³/mol. The van der Waals surface area contributed by atoms with Gasteiger partial charge in [-0.15, -0.1) is 0 Å². The van der Waals surface area contributed by atoms with Crippen molar-refractivity contribution in [2.24, 2.45) is 5.73 Å². The number of benzene rings is 1. The van der Waals surface area contributed by atoms with Crippen LogP contribution in [0.15, 0.2) is 10.5 Å². The molecule has 88 valence electrons. The summed E-state index contributed by atoms with van der Waals surface area (Å²) in [5.74, 6) is 1.40. The largest absolute Gasteiger partial charge is 0.486 e. The molecule has 4 nitrogen and oxygen atoms in total. The molecule has 0 saturated heterocycles. The fraction of sp³-hybridized carbons (Fsp3) is 0.455. The fourth-order valence-corrected chi connectivity index (χ4v) is 2.33. The molecule has 16 heavy (non-hydrogen) atoms. The Labute approximate surface area is 102 Å². The van der Waals surface area contributed by atoms with Gasteiger partial charge in [0, 0.05) is 12.1 Å². The molecular formula is C11H14BrNO3. The first-order chi connectivity index (χ1) is 7.65. The molecule has 1 aromatic carbocycles. The Hall–Kier alpha value is -0.780. The van der Waals surface area contributed by atoms with Gasteiger partial charge in [-0.3, -0.25) is 0 Å². The monoisotopic (exact) mass is 287 g/mol. The average Bonchev–Trinajstić information content (AvgIpc) is 2.33. The first-order valence-corrected chi connectivity index (χ1v) is 5.91. The molecule has 1 atom stereocenters. The number of halogens is 1. The molecule has 0 radical (unpaired) electrons. The second-order valence-electron chi connectivity index (χ2n) is 3.68. The van der Waals surface area contributed by atoms with Crippen molar-refractivity contribution in [3.63, 3.8) is 0 Å². The van der Waals surface area contributed by atoms with Crippen molar-refractivity contribution in [3.8, 4) is 11.5 Å². The van der Waals surface area contributed by atoms with Crippen molar-refractivity contribution in [1.82, 2.24) is 0 Å². The minimum absolute atomic E-state index is 0.187. The van der Waals surface area contributed by atoms with Gasteiger partial charge in [0.1, 0.15) is 13.2 Å². The number of nitrogens with two attached hydrogens (primary N) is 1. The molecule has 1 aliphatic heterocycles. The molecule has 1 aromatic rings. The topological polar surface area (TPSA) is 64.7 Å². The van der Waals surface area contributed by atoms with Crippen LogP contribution in [-0.2, 0) is 0 Å². The van der Waals surface area contributed by atoms with Crippen LogP contribution in [0.1, 0.15) is 17.2 Å². The first-order valence-electron chi connectivity index (χ1n) is 5.12. The van der Waals surface area contributed by atoms with Crippen molar-refractivity contribution in [3.05, 3.63) is 21.7 Å². The molecule has 0 aromatic heterocycles. The van der Waals surface area contributed by atoms with Gasteiger partial charge in [0.2, 0.25) is 0 Å². The van der Waals surface area contributed by atoms with E-state index in [1.807, 2.05) is 13.0 Å². The Bertz CT molecular complexity index is 409. The molecule has 0 saturated carbocycles. The maximum atomic E-state index is 9.79. The van der Waals surface area contributed by atoms with Crippen LogP contribution in [0.3, 0.4) is 0 Å². The summed E-state index contributed by atoms with van der Waals surface area (Å²) in [4.78, 5) is 0. The number of fused-ring (bicyclic) bond motifs is 1. The fourth-order valence-electron chi connectivity index (χ4n) is 1.79. The zero-order valence-electron chi connectivity index (χ0n) is 9.00. The van der Waals surface area contributed by atoms with Crippen molar-refractivity contribution in [1.29, 1.82) is 0 Å². The van der Waals surface area contributed by atoms with E-state index in [9.17, 15) is 5.11 Å². The Kier molecular flexibility index (Phi) is 3.37. The van der Waals surface area contributed by atoms with Gasteiger partial charge < -0.3 is 20.3 Å². The van der Waals surface area contributed by atoms with Crippen LogP contribution in [0, 0.1) is 6.92 Å². The van der Waals surface area contributed by atoms with Crippen molar-refractivity contribution in [2.75, 3.05) is 19.8 Å². The van der Waals surface area contributed by atoms with E-state index in [1.165, 1.54) is 0 Å². The van der Waals surface area contributed by atoms with Crippen LogP contribution >= 0.6 is 15.9 Å². The second kappa shape index (κ2) is 4.61. The summed E-state index contributed by atoms with van der Waals surface area (Å²) in [6, 6.07) is 1.83. The van der Waals surface area contributed by atoms with Gasteiger partial charge in [0.05, 0.1) is 10.6 Å². The molecule has 0 amide bonds. The van der Waals surface area contributed by atoms with Crippen LogP contribution in [-0.4, -0.2) is 24.9 Å². The standard InChI is InChI=1S/C11H14BrNO3/c1-6-7(9(14)5-13)4-8(12)11-10(6)15-2-3-16-11/h4,9,14H,2-3,5,13H2,1H3. The summed E-state index contributed by atoms with van der Waals surface area (Å²) in [5, 5.41) is 9.79. The zero-order chi connectivity index (χ0) is 11.7. The first kappa shape index (κ1) is 11.7. The van der Waals surface area contributed by atoms with Gasteiger partial charge in [-0.2, -0.15) is 0 Å². The summed E-state index contributed by atoms with van der Waals surface area (Å²) in [6.45, 7) is 3.16. The molecule has 5 heteroatoms. The van der Waals surface area contributed by atoms with E-state index in [-0.39, 0.29) is 6.54 Å². The number of aliphatic hydroxyl groups is 1. The Balaban J connectivity index is 2.53. The molecule has 2 rings (SSSR count). The highest BCUT2D eigenvalue weighted by Crippen LogP contribution is 2.43. The zero-order valence-corrected chi connectivity index (χ0v) is 10.6. The summed E-state index contributed by atoms with van der Waals surface area (Å²) in [7, 11) is 0. The lowest BCUT2D eigenvalue weighted by Gasteiger charge is -2.24. The van der Waals surface area contributed by atoms with Crippen LogP contribution in [0.4, 0.5) is 0 Å². The van der Waals surface area contributed by atoms with Gasteiger partial charge in [-0.25, -0.2) is 0 Å². The smallest absolute Gasteiger partial charge is 0.175 e. The van der Waals surface area contributed by atoms with Crippen LogP contribution < -0.4 is 15.2 Å². The molecule has 0 aliphatic carbocycles. The number of aliphatic hydroxyl groups excluding tert-OH is 1. The minimum atomic E-state index is -0.674. The summed E-state index contributed by atoms with van der Waals surface area (Å²) >= 11 is 3.41. The van der Waals surface area contributed by atoms with E-state index >= 15 is 0 Å². The molecular weight excluding hydrogens is 274 g/mol.